The van der Waals surface area contributed by atoms with Crippen molar-refractivity contribution in [2.75, 3.05) is 11.4 Å². The molecule has 0 saturated carbocycles. The van der Waals surface area contributed by atoms with Gasteiger partial charge in [-0.2, -0.15) is 0 Å². The molecule has 1 amide bonds. The van der Waals surface area contributed by atoms with Crippen molar-refractivity contribution in [3.8, 4) is 0 Å². The number of halogens is 2. The number of rotatable bonds is 1. The third kappa shape index (κ3) is 1.80. The number of carbonyl (C=O) groups is 1. The summed E-state index contributed by atoms with van der Waals surface area (Å²) in [6, 6.07) is 0.653. The van der Waals surface area contributed by atoms with E-state index in [4.69, 9.17) is 0 Å². The highest BCUT2D eigenvalue weighted by molar-refractivity contribution is 5.95. The molecular formula is C9H8F2N2O2. The van der Waals surface area contributed by atoms with Crippen molar-refractivity contribution in [1.82, 2.24) is 4.98 Å². The zero-order valence-corrected chi connectivity index (χ0v) is 7.65. The monoisotopic (exact) mass is 214 g/mol. The molecule has 15 heavy (non-hydrogen) atoms. The smallest absolute Gasteiger partial charge is 0.230 e. The Balaban J connectivity index is 2.34. The van der Waals surface area contributed by atoms with Gasteiger partial charge >= 0.3 is 0 Å². The van der Waals surface area contributed by atoms with Gasteiger partial charge in [0, 0.05) is 6.07 Å². The topological polar surface area (TPSA) is 53.4 Å². The Bertz CT molecular complexity index is 411. The standard InChI is InChI=1S/C9H8F2N2O2/c10-5-1-7(11)9(12-3-5)13-4-6(14)2-8(13)15/h1,3,6,14H,2,4H2. The summed E-state index contributed by atoms with van der Waals surface area (Å²) < 4.78 is 25.8. The van der Waals surface area contributed by atoms with Crippen LogP contribution in [0.3, 0.4) is 0 Å². The van der Waals surface area contributed by atoms with E-state index in [9.17, 15) is 18.7 Å². The lowest BCUT2D eigenvalue weighted by molar-refractivity contribution is -0.117. The van der Waals surface area contributed by atoms with E-state index in [0.717, 1.165) is 11.1 Å². The summed E-state index contributed by atoms with van der Waals surface area (Å²) in [6.07, 6.45) is -0.0433. The molecule has 1 aliphatic rings. The molecule has 80 valence electrons. The Morgan fingerprint density at radius 1 is 1.53 bits per heavy atom. The molecule has 1 saturated heterocycles. The number of aliphatic hydroxyl groups excluding tert-OH is 1. The van der Waals surface area contributed by atoms with Crippen molar-refractivity contribution >= 4 is 11.7 Å². The number of aliphatic hydroxyl groups is 1. The molecule has 0 aliphatic carbocycles. The molecule has 4 nitrogen and oxygen atoms in total. The van der Waals surface area contributed by atoms with Crippen molar-refractivity contribution in [2.45, 2.75) is 12.5 Å². The third-order valence-electron chi connectivity index (χ3n) is 2.15. The van der Waals surface area contributed by atoms with Gasteiger partial charge in [0.05, 0.1) is 25.3 Å². The SMILES string of the molecule is O=C1CC(O)CN1c1ncc(F)cc1F. The van der Waals surface area contributed by atoms with E-state index >= 15 is 0 Å². The summed E-state index contributed by atoms with van der Waals surface area (Å²) in [5, 5.41) is 9.19. The number of amides is 1. The predicted molar refractivity (Wildman–Crippen MR) is 47.1 cm³/mol. The van der Waals surface area contributed by atoms with Crippen LogP contribution >= 0.6 is 0 Å². The highest BCUT2D eigenvalue weighted by Crippen LogP contribution is 2.22. The molecule has 2 heterocycles. The molecule has 1 aliphatic heterocycles. The second-order valence-electron chi connectivity index (χ2n) is 3.32. The summed E-state index contributed by atoms with van der Waals surface area (Å²) >= 11 is 0. The minimum Gasteiger partial charge on any atom is -0.391 e. The minimum absolute atomic E-state index is 0.00557. The number of nitrogens with zero attached hydrogens (tertiary/aromatic N) is 2. The van der Waals surface area contributed by atoms with E-state index in [2.05, 4.69) is 4.98 Å². The normalized spacial score (nSPS) is 21.1. The number of aromatic nitrogens is 1. The molecule has 2 rings (SSSR count). The zero-order valence-electron chi connectivity index (χ0n) is 7.65. The quantitative estimate of drug-likeness (QED) is 0.738. The first-order chi connectivity index (χ1) is 7.08. The predicted octanol–water partition coefficient (Wildman–Crippen LogP) is 0.457. The number of hydrogen-bond donors (Lipinski definition) is 1. The Hall–Kier alpha value is -1.56. The lowest BCUT2D eigenvalue weighted by Crippen LogP contribution is -2.27. The van der Waals surface area contributed by atoms with Crippen LogP contribution in [0, 0.1) is 11.6 Å². The molecule has 0 spiro atoms. The summed E-state index contributed by atoms with van der Waals surface area (Å²) in [5.74, 6) is -2.36. The van der Waals surface area contributed by atoms with E-state index in [-0.39, 0.29) is 18.8 Å². The Kier molecular flexibility index (Phi) is 2.36. The maximum atomic E-state index is 13.2. The van der Waals surface area contributed by atoms with Crippen LogP contribution in [0.25, 0.3) is 0 Å². The number of β-amino-alcohol motifs (C(OH)–C–C–N with tert-alkyl or cyclic N) is 1. The molecule has 1 aromatic heterocycles. The van der Waals surface area contributed by atoms with Gasteiger partial charge in [0.2, 0.25) is 5.91 Å². The van der Waals surface area contributed by atoms with Crippen molar-refractivity contribution in [1.29, 1.82) is 0 Å². The van der Waals surface area contributed by atoms with E-state index in [0.29, 0.717) is 6.07 Å². The van der Waals surface area contributed by atoms with Crippen LogP contribution in [0.2, 0.25) is 0 Å². The van der Waals surface area contributed by atoms with E-state index in [1.54, 1.807) is 0 Å². The van der Waals surface area contributed by atoms with Crippen LogP contribution < -0.4 is 4.90 Å². The fraction of sp³-hybridized carbons (Fsp3) is 0.333. The number of hydrogen-bond acceptors (Lipinski definition) is 3. The summed E-state index contributed by atoms with van der Waals surface area (Å²) in [6.45, 7) is -0.00557. The first-order valence-electron chi connectivity index (χ1n) is 4.37. The first kappa shape index (κ1) is 9.97. The van der Waals surface area contributed by atoms with Gasteiger partial charge in [0.15, 0.2) is 11.6 Å². The molecule has 0 radical (unpaired) electrons. The van der Waals surface area contributed by atoms with Crippen LogP contribution in [0.1, 0.15) is 6.42 Å². The van der Waals surface area contributed by atoms with Gasteiger partial charge in [0.25, 0.3) is 0 Å². The van der Waals surface area contributed by atoms with Gasteiger partial charge in [-0.1, -0.05) is 0 Å². The van der Waals surface area contributed by atoms with E-state index in [1.807, 2.05) is 0 Å². The van der Waals surface area contributed by atoms with Crippen molar-refractivity contribution < 1.29 is 18.7 Å². The fourth-order valence-corrected chi connectivity index (χ4v) is 1.50. The van der Waals surface area contributed by atoms with Gasteiger partial charge in [-0.3, -0.25) is 9.69 Å². The lowest BCUT2D eigenvalue weighted by atomic mass is 10.3. The molecular weight excluding hydrogens is 206 g/mol. The van der Waals surface area contributed by atoms with Crippen LogP contribution in [0.4, 0.5) is 14.6 Å². The van der Waals surface area contributed by atoms with Crippen molar-refractivity contribution in [2.24, 2.45) is 0 Å². The fourth-order valence-electron chi connectivity index (χ4n) is 1.50. The second-order valence-corrected chi connectivity index (χ2v) is 3.32. The highest BCUT2D eigenvalue weighted by Gasteiger charge is 2.31. The van der Waals surface area contributed by atoms with Crippen LogP contribution in [0.5, 0.6) is 0 Å². The first-order valence-corrected chi connectivity index (χ1v) is 4.37. The molecule has 0 bridgehead atoms. The molecule has 0 aromatic carbocycles. The number of pyridine rings is 1. The molecule has 1 atom stereocenters. The molecule has 1 fully saturated rings. The van der Waals surface area contributed by atoms with Gasteiger partial charge in [-0.15, -0.1) is 0 Å². The molecule has 1 unspecified atom stereocenters. The van der Waals surface area contributed by atoms with E-state index in [1.165, 1.54) is 0 Å². The van der Waals surface area contributed by atoms with Gasteiger partial charge in [0.1, 0.15) is 5.82 Å². The highest BCUT2D eigenvalue weighted by atomic mass is 19.1. The third-order valence-corrected chi connectivity index (χ3v) is 2.15. The molecule has 1 aromatic rings. The Labute approximate surface area is 84.2 Å². The van der Waals surface area contributed by atoms with E-state index < -0.39 is 23.6 Å². The molecule has 6 heteroatoms. The number of anilines is 1. The molecule has 1 N–H and O–H groups in total. The Morgan fingerprint density at radius 2 is 2.27 bits per heavy atom. The summed E-state index contributed by atoms with van der Waals surface area (Å²) in [7, 11) is 0. The average Bonchev–Trinajstić information content (AvgIpc) is 2.45. The van der Waals surface area contributed by atoms with Crippen molar-refractivity contribution in [3.05, 3.63) is 23.9 Å². The zero-order chi connectivity index (χ0) is 11.0. The minimum atomic E-state index is -0.905. The summed E-state index contributed by atoms with van der Waals surface area (Å²) in [5.41, 5.74) is 0. The van der Waals surface area contributed by atoms with Crippen molar-refractivity contribution in [3.63, 3.8) is 0 Å². The van der Waals surface area contributed by atoms with Gasteiger partial charge in [-0.25, -0.2) is 13.8 Å². The van der Waals surface area contributed by atoms with Gasteiger partial charge < -0.3 is 5.11 Å². The van der Waals surface area contributed by atoms with Crippen LogP contribution in [-0.4, -0.2) is 28.6 Å². The second kappa shape index (κ2) is 3.54. The van der Waals surface area contributed by atoms with Gasteiger partial charge in [-0.05, 0) is 0 Å². The number of carbonyl (C=O) groups excluding carboxylic acids is 1. The average molecular weight is 214 g/mol. The van der Waals surface area contributed by atoms with Crippen LogP contribution in [0.15, 0.2) is 12.3 Å². The lowest BCUT2D eigenvalue weighted by Gasteiger charge is -2.14. The maximum absolute atomic E-state index is 13.2. The van der Waals surface area contributed by atoms with Crippen LogP contribution in [-0.2, 0) is 4.79 Å². The largest absolute Gasteiger partial charge is 0.391 e. The maximum Gasteiger partial charge on any atom is 0.230 e. The summed E-state index contributed by atoms with van der Waals surface area (Å²) in [4.78, 5) is 15.8. The Morgan fingerprint density at radius 3 is 2.80 bits per heavy atom.